The number of nitrogens with zero attached hydrogens (tertiary/aromatic N) is 1. The Morgan fingerprint density at radius 2 is 2.36 bits per heavy atom. The Morgan fingerprint density at radius 1 is 1.64 bits per heavy atom. The van der Waals surface area contributed by atoms with Crippen molar-refractivity contribution in [2.45, 2.75) is 25.0 Å². The molecule has 1 aliphatic heterocycles. The molecule has 0 bridgehead atoms. The lowest BCUT2D eigenvalue weighted by atomic mass is 10.4. The number of rotatable bonds is 2. The molecule has 11 heavy (non-hydrogen) atoms. The van der Waals surface area contributed by atoms with Gasteiger partial charge in [0.1, 0.15) is 6.10 Å². The van der Waals surface area contributed by atoms with Crippen LogP contribution in [0.1, 0.15) is 12.8 Å². The number of hydrogen-bond donors (Lipinski definition) is 1. The van der Waals surface area contributed by atoms with Crippen LogP contribution >= 0.6 is 0 Å². The molecule has 2 aliphatic rings. The maximum absolute atomic E-state index is 11.0. The molecule has 0 radical (unpaired) electrons. The maximum Gasteiger partial charge on any atom is 0.410 e. The Kier molecular flexibility index (Phi) is 1.49. The van der Waals surface area contributed by atoms with Crippen molar-refractivity contribution in [3.05, 3.63) is 0 Å². The second kappa shape index (κ2) is 2.37. The monoisotopic (exact) mass is 157 g/mol. The summed E-state index contributed by atoms with van der Waals surface area (Å²) in [6, 6.07) is 0.402. The van der Waals surface area contributed by atoms with Gasteiger partial charge in [0.25, 0.3) is 0 Å². The maximum atomic E-state index is 11.0. The van der Waals surface area contributed by atoms with Crippen molar-refractivity contribution in [1.29, 1.82) is 0 Å². The van der Waals surface area contributed by atoms with Gasteiger partial charge >= 0.3 is 6.09 Å². The smallest absolute Gasteiger partial charge is 0.410 e. The predicted octanol–water partition coefficient (Wildman–Crippen LogP) is -0.0381. The first-order valence-corrected chi connectivity index (χ1v) is 3.89. The van der Waals surface area contributed by atoms with Gasteiger partial charge in [-0.2, -0.15) is 0 Å². The molecule has 2 fully saturated rings. The summed E-state index contributed by atoms with van der Waals surface area (Å²) in [4.78, 5) is 12.7. The summed E-state index contributed by atoms with van der Waals surface area (Å²) in [6.07, 6.45) is 1.63. The molecule has 4 nitrogen and oxygen atoms in total. The largest absolute Gasteiger partial charge is 0.442 e. The first-order chi connectivity index (χ1) is 5.31. The summed E-state index contributed by atoms with van der Waals surface area (Å²) in [5, 5.41) is 8.70. The van der Waals surface area contributed by atoms with Crippen LogP contribution in [-0.4, -0.2) is 41.4 Å². The molecule has 62 valence electrons. The quantitative estimate of drug-likeness (QED) is 0.612. The van der Waals surface area contributed by atoms with Crippen LogP contribution in [0.4, 0.5) is 4.79 Å². The van der Waals surface area contributed by atoms with Crippen LogP contribution in [0, 0.1) is 0 Å². The Morgan fingerprint density at radius 3 is 2.82 bits per heavy atom. The lowest BCUT2D eigenvalue weighted by Crippen LogP contribution is -2.27. The molecule has 1 N–H and O–H groups in total. The van der Waals surface area contributed by atoms with Crippen molar-refractivity contribution in [3.8, 4) is 0 Å². The minimum atomic E-state index is -0.289. The number of amides is 1. The zero-order valence-corrected chi connectivity index (χ0v) is 6.19. The SMILES string of the molecule is O=C1O[C@@H](CO)CN1C1CC1. The molecular weight excluding hydrogens is 146 g/mol. The number of carbonyl (C=O) groups excluding carboxylic acids is 1. The van der Waals surface area contributed by atoms with Crippen molar-refractivity contribution >= 4 is 6.09 Å². The van der Waals surface area contributed by atoms with Gasteiger partial charge in [0.05, 0.1) is 13.2 Å². The second-order valence-corrected chi connectivity index (χ2v) is 3.07. The highest BCUT2D eigenvalue weighted by Crippen LogP contribution is 2.30. The van der Waals surface area contributed by atoms with E-state index in [1.54, 1.807) is 4.90 Å². The van der Waals surface area contributed by atoms with E-state index in [1.165, 1.54) is 0 Å². The first-order valence-electron chi connectivity index (χ1n) is 3.89. The predicted molar refractivity (Wildman–Crippen MR) is 37.1 cm³/mol. The van der Waals surface area contributed by atoms with Crippen LogP contribution in [0.3, 0.4) is 0 Å². The molecule has 1 amide bonds. The molecule has 1 aliphatic carbocycles. The summed E-state index contributed by atoms with van der Waals surface area (Å²) >= 11 is 0. The van der Waals surface area contributed by atoms with E-state index >= 15 is 0 Å². The van der Waals surface area contributed by atoms with E-state index in [4.69, 9.17) is 9.84 Å². The third-order valence-corrected chi connectivity index (χ3v) is 2.09. The van der Waals surface area contributed by atoms with Crippen molar-refractivity contribution in [1.82, 2.24) is 4.90 Å². The van der Waals surface area contributed by atoms with Gasteiger partial charge in [-0.05, 0) is 12.8 Å². The van der Waals surface area contributed by atoms with E-state index in [2.05, 4.69) is 0 Å². The number of carbonyl (C=O) groups is 1. The molecule has 0 aromatic rings. The van der Waals surface area contributed by atoms with E-state index in [0.29, 0.717) is 12.6 Å². The molecule has 1 atom stereocenters. The normalized spacial score (nSPS) is 30.8. The lowest BCUT2D eigenvalue weighted by Gasteiger charge is -2.09. The van der Waals surface area contributed by atoms with Gasteiger partial charge in [0.15, 0.2) is 0 Å². The number of cyclic esters (lactones) is 1. The number of aliphatic hydroxyl groups excluding tert-OH is 1. The molecular formula is C7H11NO3. The topological polar surface area (TPSA) is 49.8 Å². The molecule has 1 saturated heterocycles. The molecule has 0 aromatic carbocycles. The van der Waals surface area contributed by atoms with Gasteiger partial charge in [-0.15, -0.1) is 0 Å². The van der Waals surface area contributed by atoms with Gasteiger partial charge in [-0.3, -0.25) is 0 Å². The van der Waals surface area contributed by atoms with Crippen LogP contribution in [0.15, 0.2) is 0 Å². The van der Waals surface area contributed by atoms with Crippen LogP contribution in [0.25, 0.3) is 0 Å². The fourth-order valence-corrected chi connectivity index (χ4v) is 1.32. The highest BCUT2D eigenvalue weighted by Gasteiger charge is 2.40. The van der Waals surface area contributed by atoms with E-state index in [9.17, 15) is 4.79 Å². The highest BCUT2D eigenvalue weighted by molar-refractivity contribution is 5.70. The van der Waals surface area contributed by atoms with Crippen molar-refractivity contribution in [2.24, 2.45) is 0 Å². The van der Waals surface area contributed by atoms with Crippen LogP contribution in [0.5, 0.6) is 0 Å². The van der Waals surface area contributed by atoms with Crippen molar-refractivity contribution in [2.75, 3.05) is 13.2 Å². The average molecular weight is 157 g/mol. The zero-order valence-electron chi connectivity index (χ0n) is 6.19. The Bertz CT molecular complexity index is 179. The summed E-state index contributed by atoms with van der Waals surface area (Å²) in [6.45, 7) is 0.509. The van der Waals surface area contributed by atoms with E-state index in [0.717, 1.165) is 12.8 Å². The molecule has 0 aromatic heterocycles. The van der Waals surface area contributed by atoms with Gasteiger partial charge in [-0.1, -0.05) is 0 Å². The summed E-state index contributed by atoms with van der Waals surface area (Å²) < 4.78 is 4.86. The summed E-state index contributed by atoms with van der Waals surface area (Å²) in [7, 11) is 0. The summed E-state index contributed by atoms with van der Waals surface area (Å²) in [5.74, 6) is 0. The molecule has 4 heteroatoms. The van der Waals surface area contributed by atoms with Gasteiger partial charge in [0, 0.05) is 6.04 Å². The zero-order chi connectivity index (χ0) is 7.84. The Balaban J connectivity index is 1.96. The fraction of sp³-hybridized carbons (Fsp3) is 0.857. The molecule has 2 rings (SSSR count). The first kappa shape index (κ1) is 6.91. The van der Waals surface area contributed by atoms with E-state index < -0.39 is 0 Å². The minimum Gasteiger partial charge on any atom is -0.442 e. The standard InChI is InChI=1S/C7H11NO3/c9-4-6-3-8(5-1-2-5)7(10)11-6/h5-6,9H,1-4H2/t6-/m1/s1. The third kappa shape index (κ3) is 1.18. The molecule has 0 spiro atoms. The summed E-state index contributed by atoms with van der Waals surface area (Å²) in [5.41, 5.74) is 0. The van der Waals surface area contributed by atoms with Crippen molar-refractivity contribution in [3.63, 3.8) is 0 Å². The van der Waals surface area contributed by atoms with Gasteiger partial charge in [0.2, 0.25) is 0 Å². The second-order valence-electron chi connectivity index (χ2n) is 3.07. The lowest BCUT2D eigenvalue weighted by molar-refractivity contribution is 0.0947. The van der Waals surface area contributed by atoms with E-state index in [-0.39, 0.29) is 18.8 Å². The van der Waals surface area contributed by atoms with Crippen molar-refractivity contribution < 1.29 is 14.6 Å². The van der Waals surface area contributed by atoms with Crippen LogP contribution < -0.4 is 0 Å². The fourth-order valence-electron chi connectivity index (χ4n) is 1.32. The van der Waals surface area contributed by atoms with Crippen LogP contribution in [-0.2, 0) is 4.74 Å². The number of aliphatic hydroxyl groups is 1. The molecule has 1 saturated carbocycles. The van der Waals surface area contributed by atoms with Gasteiger partial charge < -0.3 is 14.7 Å². The number of ether oxygens (including phenoxy) is 1. The molecule has 1 heterocycles. The van der Waals surface area contributed by atoms with E-state index in [1.807, 2.05) is 0 Å². The minimum absolute atomic E-state index is 0.0606. The Labute approximate surface area is 64.7 Å². The highest BCUT2D eigenvalue weighted by atomic mass is 16.6. The average Bonchev–Trinajstić information content (AvgIpc) is 2.76. The van der Waals surface area contributed by atoms with Gasteiger partial charge in [-0.25, -0.2) is 4.79 Å². The van der Waals surface area contributed by atoms with Crippen LogP contribution in [0.2, 0.25) is 0 Å². The molecule has 0 unspecified atom stereocenters. The third-order valence-electron chi connectivity index (χ3n) is 2.09. The number of hydrogen-bond acceptors (Lipinski definition) is 3. The Hall–Kier alpha value is -0.770.